The van der Waals surface area contributed by atoms with Crippen LogP contribution in [0.3, 0.4) is 0 Å². The number of allylic oxidation sites excluding steroid dienone is 2. The van der Waals surface area contributed by atoms with E-state index in [2.05, 4.69) is 19.9 Å². The Hall–Kier alpha value is -0.960. The third kappa shape index (κ3) is 1.72. The summed E-state index contributed by atoms with van der Waals surface area (Å²) in [5, 5.41) is 10.8. The van der Waals surface area contributed by atoms with Gasteiger partial charge < -0.3 is 5.11 Å². The number of aliphatic hydroxyl groups excluding tert-OH is 1. The summed E-state index contributed by atoms with van der Waals surface area (Å²) in [4.78, 5) is 24.2. The largest absolute Gasteiger partial charge is 0.393 e. The number of ketones is 2. The van der Waals surface area contributed by atoms with Crippen LogP contribution in [0.5, 0.6) is 0 Å². The topological polar surface area (TPSA) is 54.4 Å². The van der Waals surface area contributed by atoms with Gasteiger partial charge in [-0.25, -0.2) is 0 Å². The number of fused-ring (bicyclic) bond motifs is 5. The Morgan fingerprint density at radius 3 is 2.73 bits per heavy atom. The van der Waals surface area contributed by atoms with Crippen molar-refractivity contribution in [3.63, 3.8) is 0 Å². The van der Waals surface area contributed by atoms with Gasteiger partial charge in [-0.05, 0) is 60.8 Å². The molecule has 2 unspecified atom stereocenters. The predicted octanol–water partition coefficient (Wildman–Crippen LogP) is 2.91. The van der Waals surface area contributed by atoms with Crippen LogP contribution in [0.25, 0.3) is 0 Å². The minimum Gasteiger partial charge on any atom is -0.393 e. The van der Waals surface area contributed by atoms with E-state index < -0.39 is 0 Å². The second-order valence-corrected chi connectivity index (χ2v) is 8.58. The third-order valence-electron chi connectivity index (χ3n) is 7.77. The molecule has 0 spiro atoms. The van der Waals surface area contributed by atoms with Crippen molar-refractivity contribution >= 4 is 11.6 Å². The number of hydrogen-bond donors (Lipinski definition) is 1. The van der Waals surface area contributed by atoms with Gasteiger partial charge in [-0.15, -0.1) is 0 Å². The first-order valence-corrected chi connectivity index (χ1v) is 8.80. The molecule has 0 radical (unpaired) electrons. The summed E-state index contributed by atoms with van der Waals surface area (Å²) >= 11 is 0. The lowest BCUT2D eigenvalue weighted by atomic mass is 9.46. The molecular weight excluding hydrogens is 276 g/mol. The number of rotatable bonds is 0. The molecule has 4 aliphatic carbocycles. The van der Waals surface area contributed by atoms with Crippen LogP contribution >= 0.6 is 0 Å². The zero-order valence-corrected chi connectivity index (χ0v) is 13.5. The van der Waals surface area contributed by atoms with Crippen molar-refractivity contribution in [1.82, 2.24) is 0 Å². The fourth-order valence-electron chi connectivity index (χ4n) is 6.38. The van der Waals surface area contributed by atoms with E-state index in [0.717, 1.165) is 19.3 Å². The van der Waals surface area contributed by atoms with Crippen LogP contribution in [-0.2, 0) is 9.59 Å². The van der Waals surface area contributed by atoms with Crippen LogP contribution in [0.2, 0.25) is 0 Å². The Morgan fingerprint density at radius 1 is 1.18 bits per heavy atom. The van der Waals surface area contributed by atoms with E-state index in [9.17, 15) is 14.7 Å². The van der Waals surface area contributed by atoms with Crippen LogP contribution in [0, 0.1) is 34.5 Å². The number of aliphatic hydroxyl groups is 1. The summed E-state index contributed by atoms with van der Waals surface area (Å²) in [6, 6.07) is 0. The van der Waals surface area contributed by atoms with Crippen LogP contribution < -0.4 is 0 Å². The maximum atomic E-state index is 12.4. The highest BCUT2D eigenvalue weighted by atomic mass is 16.3. The average molecular weight is 302 g/mol. The maximum Gasteiger partial charge on any atom is 0.155 e. The highest BCUT2D eigenvalue weighted by Crippen LogP contribution is 2.64. The third-order valence-corrected chi connectivity index (χ3v) is 7.77. The first-order valence-electron chi connectivity index (χ1n) is 8.80. The lowest BCUT2D eigenvalue weighted by molar-refractivity contribution is -0.150. The fraction of sp³-hybridized carbons (Fsp3) is 0.789. The van der Waals surface area contributed by atoms with Crippen molar-refractivity contribution in [2.75, 3.05) is 0 Å². The summed E-state index contributed by atoms with van der Waals surface area (Å²) in [6.45, 7) is 4.41. The van der Waals surface area contributed by atoms with Gasteiger partial charge in [0.05, 0.1) is 6.10 Å². The van der Waals surface area contributed by atoms with Gasteiger partial charge in [-0.3, -0.25) is 9.59 Å². The molecule has 0 saturated heterocycles. The maximum absolute atomic E-state index is 12.4. The molecule has 0 aromatic rings. The molecule has 0 aliphatic heterocycles. The molecule has 3 fully saturated rings. The van der Waals surface area contributed by atoms with Gasteiger partial charge in [-0.2, -0.15) is 0 Å². The van der Waals surface area contributed by atoms with Crippen LogP contribution in [-0.4, -0.2) is 22.8 Å². The number of carbonyl (C=O) groups is 2. The molecule has 120 valence electrons. The van der Waals surface area contributed by atoms with Gasteiger partial charge in [-0.1, -0.05) is 19.9 Å². The smallest absolute Gasteiger partial charge is 0.155 e. The molecule has 3 saturated carbocycles. The van der Waals surface area contributed by atoms with Crippen LogP contribution in [0.1, 0.15) is 52.4 Å². The summed E-state index contributed by atoms with van der Waals surface area (Å²) in [5.74, 6) is 1.84. The van der Waals surface area contributed by atoms with E-state index in [0.29, 0.717) is 36.9 Å². The Balaban J connectivity index is 1.74. The van der Waals surface area contributed by atoms with E-state index in [1.165, 1.54) is 0 Å². The summed E-state index contributed by atoms with van der Waals surface area (Å²) < 4.78 is 0. The number of carbonyl (C=O) groups excluding carboxylic acids is 2. The molecule has 3 heteroatoms. The normalized spacial score (nSPS) is 53.9. The van der Waals surface area contributed by atoms with Gasteiger partial charge in [0.15, 0.2) is 5.78 Å². The summed E-state index contributed by atoms with van der Waals surface area (Å²) in [6.07, 6.45) is 8.43. The Kier molecular flexibility index (Phi) is 3.01. The molecule has 0 heterocycles. The molecule has 1 N–H and O–H groups in total. The zero-order valence-electron chi connectivity index (χ0n) is 13.5. The van der Waals surface area contributed by atoms with E-state index in [1.807, 2.05) is 0 Å². The standard InChI is InChI=1S/C19H26O3/c1-18-7-5-12(20)9-11(18)10-15(21)17-13-3-4-16(22)19(13,2)8-6-14(17)18/h5,7,11,13-15,17,21H,3-4,6,8-10H2,1-2H3/t11?,13-,14+,15?,17-,18-,19-/m0/s1. The molecule has 0 aromatic heterocycles. The van der Waals surface area contributed by atoms with Crippen LogP contribution in [0.4, 0.5) is 0 Å². The SMILES string of the molecule is C[C@]12C=CC(=O)CC1CC(O)[C@@H]1[C@H]2CC[C@]2(C)C(=O)CC[C@@H]12. The molecule has 0 aromatic carbocycles. The molecular formula is C19H26O3. The van der Waals surface area contributed by atoms with Crippen molar-refractivity contribution in [1.29, 1.82) is 0 Å². The van der Waals surface area contributed by atoms with E-state index >= 15 is 0 Å². The van der Waals surface area contributed by atoms with Gasteiger partial charge in [0.25, 0.3) is 0 Å². The fourth-order valence-corrected chi connectivity index (χ4v) is 6.38. The van der Waals surface area contributed by atoms with Crippen molar-refractivity contribution in [3.8, 4) is 0 Å². The molecule has 22 heavy (non-hydrogen) atoms. The van der Waals surface area contributed by atoms with Crippen molar-refractivity contribution in [2.24, 2.45) is 34.5 Å². The Morgan fingerprint density at radius 2 is 1.95 bits per heavy atom. The second-order valence-electron chi connectivity index (χ2n) is 8.58. The first-order chi connectivity index (χ1) is 10.4. The molecule has 4 aliphatic rings. The molecule has 3 nitrogen and oxygen atoms in total. The minimum atomic E-state index is -0.349. The van der Waals surface area contributed by atoms with Gasteiger partial charge >= 0.3 is 0 Å². The molecule has 7 atom stereocenters. The first kappa shape index (κ1) is 14.6. The molecule has 0 bridgehead atoms. The molecule has 0 amide bonds. The lowest BCUT2D eigenvalue weighted by Gasteiger charge is -2.59. The second kappa shape index (κ2) is 4.53. The highest BCUT2D eigenvalue weighted by Gasteiger charge is 2.61. The van der Waals surface area contributed by atoms with E-state index in [-0.39, 0.29) is 34.6 Å². The van der Waals surface area contributed by atoms with Gasteiger partial charge in [0, 0.05) is 18.3 Å². The van der Waals surface area contributed by atoms with Crippen LogP contribution in [0.15, 0.2) is 12.2 Å². The molecule has 4 rings (SSSR count). The Bertz CT molecular complexity index is 565. The van der Waals surface area contributed by atoms with Crippen molar-refractivity contribution in [2.45, 2.75) is 58.5 Å². The van der Waals surface area contributed by atoms with E-state index in [4.69, 9.17) is 0 Å². The van der Waals surface area contributed by atoms with Gasteiger partial charge in [0.1, 0.15) is 5.78 Å². The number of hydrogen-bond acceptors (Lipinski definition) is 3. The number of Topliss-reactive ketones (excluding diaryl/α,β-unsaturated/α-hetero) is 1. The predicted molar refractivity (Wildman–Crippen MR) is 83.0 cm³/mol. The Labute approximate surface area is 132 Å². The highest BCUT2D eigenvalue weighted by molar-refractivity contribution is 5.91. The monoisotopic (exact) mass is 302 g/mol. The summed E-state index contributed by atoms with van der Waals surface area (Å²) in [5.41, 5.74) is -0.190. The summed E-state index contributed by atoms with van der Waals surface area (Å²) in [7, 11) is 0. The quantitative estimate of drug-likeness (QED) is 0.748. The van der Waals surface area contributed by atoms with E-state index in [1.54, 1.807) is 6.08 Å². The van der Waals surface area contributed by atoms with Crippen molar-refractivity contribution in [3.05, 3.63) is 12.2 Å². The average Bonchev–Trinajstić information content (AvgIpc) is 2.77. The lowest BCUT2D eigenvalue weighted by Crippen LogP contribution is -2.57. The zero-order chi connectivity index (χ0) is 15.7. The van der Waals surface area contributed by atoms with Crippen molar-refractivity contribution < 1.29 is 14.7 Å². The minimum absolute atomic E-state index is 0.0186. The van der Waals surface area contributed by atoms with Gasteiger partial charge in [0.2, 0.25) is 0 Å².